The maximum Gasteiger partial charge on any atom is 0.419 e. The van der Waals surface area contributed by atoms with Crippen LogP contribution in [0.2, 0.25) is 0 Å². The van der Waals surface area contributed by atoms with Crippen molar-refractivity contribution in [2.24, 2.45) is 5.92 Å². The Labute approximate surface area is 259 Å². The molecule has 0 bridgehead atoms. The molecule has 4 heterocycles. The van der Waals surface area contributed by atoms with Crippen molar-refractivity contribution in [1.82, 2.24) is 30.6 Å². The van der Waals surface area contributed by atoms with Crippen LogP contribution in [0, 0.1) is 5.92 Å². The molecule has 2 amide bonds. The highest BCUT2D eigenvalue weighted by atomic mass is 19.4. The summed E-state index contributed by atoms with van der Waals surface area (Å²) in [6.45, 7) is 1.27. The van der Waals surface area contributed by atoms with Crippen molar-refractivity contribution < 1.29 is 40.7 Å². The van der Waals surface area contributed by atoms with E-state index in [9.17, 15) is 35.9 Å². The lowest BCUT2D eigenvalue weighted by molar-refractivity contribution is -0.202. The number of nitrogens with zero attached hydrogens (tertiary/aromatic N) is 5. The van der Waals surface area contributed by atoms with Gasteiger partial charge in [0.05, 0.1) is 11.6 Å². The molecule has 0 spiro atoms. The second-order valence-corrected chi connectivity index (χ2v) is 11.2. The van der Waals surface area contributed by atoms with Crippen LogP contribution in [0.1, 0.15) is 33.1 Å². The van der Waals surface area contributed by atoms with Crippen molar-refractivity contribution in [3.63, 3.8) is 0 Å². The number of hydrazine groups is 1. The van der Waals surface area contributed by atoms with E-state index in [-0.39, 0.29) is 44.6 Å². The number of piperazine rings is 1. The van der Waals surface area contributed by atoms with E-state index in [0.717, 1.165) is 23.5 Å². The largest absolute Gasteiger partial charge is 0.492 e. The predicted molar refractivity (Wildman–Crippen MR) is 151 cm³/mol. The molecule has 0 aliphatic carbocycles. The molecule has 6 rings (SSSR count). The highest BCUT2D eigenvalue weighted by Crippen LogP contribution is 2.41. The van der Waals surface area contributed by atoms with E-state index in [4.69, 9.17) is 4.74 Å². The smallest absolute Gasteiger partial charge is 0.419 e. The second kappa shape index (κ2) is 12.4. The first kappa shape index (κ1) is 31.5. The van der Waals surface area contributed by atoms with Crippen molar-refractivity contribution in [3.05, 3.63) is 83.2 Å². The Morgan fingerprint density at radius 1 is 0.957 bits per heavy atom. The molecule has 2 N–H and O–H groups in total. The summed E-state index contributed by atoms with van der Waals surface area (Å²) < 4.78 is 86.6. The van der Waals surface area contributed by atoms with Crippen molar-refractivity contribution >= 4 is 17.8 Å². The Hall–Kier alpha value is -4.44. The van der Waals surface area contributed by atoms with E-state index in [1.165, 1.54) is 0 Å². The molecule has 16 heteroatoms. The van der Waals surface area contributed by atoms with Crippen LogP contribution >= 0.6 is 0 Å². The molecular formula is C30H29F6N7O3. The van der Waals surface area contributed by atoms with E-state index >= 15 is 0 Å². The van der Waals surface area contributed by atoms with Gasteiger partial charge in [0.15, 0.2) is 5.92 Å². The van der Waals surface area contributed by atoms with Crippen LogP contribution in [0.4, 0.5) is 32.3 Å². The molecule has 10 nitrogen and oxygen atoms in total. The van der Waals surface area contributed by atoms with Crippen LogP contribution in [-0.2, 0) is 17.5 Å². The summed E-state index contributed by atoms with van der Waals surface area (Å²) in [5.41, 5.74) is 5.72. The van der Waals surface area contributed by atoms with Gasteiger partial charge in [0.25, 0.3) is 5.91 Å². The molecule has 2 aromatic carbocycles. The average Bonchev–Trinajstić information content (AvgIpc) is 3.41. The number of aromatic nitrogens is 2. The lowest BCUT2D eigenvalue weighted by Crippen LogP contribution is -2.64. The zero-order valence-electron chi connectivity index (χ0n) is 24.2. The lowest BCUT2D eigenvalue weighted by Gasteiger charge is -2.40. The van der Waals surface area contributed by atoms with Crippen LogP contribution < -0.4 is 20.5 Å². The van der Waals surface area contributed by atoms with Gasteiger partial charge in [-0.2, -0.15) is 26.3 Å². The number of alkyl halides is 6. The number of amides is 2. The summed E-state index contributed by atoms with van der Waals surface area (Å²) in [6.07, 6.45) is -7.83. The zero-order chi connectivity index (χ0) is 32.6. The molecule has 3 atom stereocenters. The molecule has 2 saturated heterocycles. The fraction of sp³-hybridized carbons (Fsp3) is 0.400. The first-order valence-corrected chi connectivity index (χ1v) is 14.5. The molecule has 0 saturated carbocycles. The molecular weight excluding hydrogens is 620 g/mol. The van der Waals surface area contributed by atoms with Gasteiger partial charge in [0.2, 0.25) is 11.9 Å². The number of benzene rings is 2. The molecule has 3 aliphatic rings. The Morgan fingerprint density at radius 3 is 2.37 bits per heavy atom. The molecule has 46 heavy (non-hydrogen) atoms. The number of carbonyl (C=O) groups is 2. The number of ether oxygens (including phenoxy) is 1. The lowest BCUT2D eigenvalue weighted by atomic mass is 9.94. The fourth-order valence-electron chi connectivity index (χ4n) is 6.13. The third kappa shape index (κ3) is 6.44. The van der Waals surface area contributed by atoms with E-state index in [1.54, 1.807) is 51.1 Å². The fourth-order valence-corrected chi connectivity index (χ4v) is 6.13. The number of halogens is 6. The minimum atomic E-state index is -4.75. The number of hydrogen-bond donors (Lipinski definition) is 2. The SMILES string of the molecule is O=C1NNCC(N2Cc3ccccc3[C@@H]2COc2cccc(C(=O)N3CCN(c4ncc(C(F)(F)F)cn4)CC3)c2)C1C(F)(F)F. The highest BCUT2D eigenvalue weighted by Gasteiger charge is 2.55. The van der Waals surface area contributed by atoms with Crippen LogP contribution in [0.25, 0.3) is 0 Å². The first-order chi connectivity index (χ1) is 21.9. The standard InChI is InChI=1S/C30H29F6N7O3/c31-29(32,33)20-13-37-28(38-14-20)42-10-8-41(9-11-42)27(45)18-5-3-6-21(12-18)46-17-24-22-7-2-1-4-19(22)16-43(24)23-15-39-40-26(44)25(23)30(34,35)36/h1-7,12-14,23-25,39H,8-11,15-17H2,(H,40,44)/t23?,24-,25?/m0/s1. The normalized spacial score (nSPS) is 22.4. The van der Waals surface area contributed by atoms with Gasteiger partial charge in [0.1, 0.15) is 12.4 Å². The number of nitrogens with one attached hydrogen (secondary N) is 2. The molecule has 1 aromatic heterocycles. The molecule has 244 valence electrons. The minimum absolute atomic E-state index is 0.0246. The van der Waals surface area contributed by atoms with Gasteiger partial charge >= 0.3 is 12.4 Å². The van der Waals surface area contributed by atoms with Crippen LogP contribution in [-0.4, -0.2) is 83.1 Å². The van der Waals surface area contributed by atoms with E-state index < -0.39 is 41.8 Å². The maximum absolute atomic E-state index is 14.0. The van der Waals surface area contributed by atoms with Crippen LogP contribution in [0.5, 0.6) is 5.75 Å². The number of rotatable bonds is 6. The van der Waals surface area contributed by atoms with Crippen molar-refractivity contribution in [2.75, 3.05) is 44.2 Å². The van der Waals surface area contributed by atoms with E-state index in [2.05, 4.69) is 20.8 Å². The first-order valence-electron chi connectivity index (χ1n) is 14.5. The molecule has 2 fully saturated rings. The van der Waals surface area contributed by atoms with Gasteiger partial charge in [-0.1, -0.05) is 30.3 Å². The van der Waals surface area contributed by atoms with Gasteiger partial charge in [-0.05, 0) is 29.3 Å². The molecule has 0 radical (unpaired) electrons. The van der Waals surface area contributed by atoms with E-state index in [0.29, 0.717) is 24.4 Å². The Balaban J connectivity index is 1.12. The van der Waals surface area contributed by atoms with Crippen molar-refractivity contribution in [3.8, 4) is 5.75 Å². The summed E-state index contributed by atoms with van der Waals surface area (Å²) >= 11 is 0. The zero-order valence-corrected chi connectivity index (χ0v) is 24.2. The van der Waals surface area contributed by atoms with Gasteiger partial charge in [-0.15, -0.1) is 0 Å². The number of hydrogen-bond acceptors (Lipinski definition) is 8. The number of carbonyl (C=O) groups excluding carboxylic acids is 2. The third-order valence-corrected chi connectivity index (χ3v) is 8.44. The average molecular weight is 650 g/mol. The highest BCUT2D eigenvalue weighted by molar-refractivity contribution is 5.94. The van der Waals surface area contributed by atoms with Gasteiger partial charge in [0, 0.05) is 63.3 Å². The Bertz CT molecular complexity index is 1580. The third-order valence-electron chi connectivity index (χ3n) is 8.44. The van der Waals surface area contributed by atoms with Crippen molar-refractivity contribution in [2.45, 2.75) is 31.0 Å². The predicted octanol–water partition coefficient (Wildman–Crippen LogP) is 3.58. The quantitative estimate of drug-likeness (QED) is 0.391. The van der Waals surface area contributed by atoms with Gasteiger partial charge in [-0.25, -0.2) is 15.4 Å². The van der Waals surface area contributed by atoms with Gasteiger partial charge < -0.3 is 14.5 Å². The van der Waals surface area contributed by atoms with Crippen LogP contribution in [0.15, 0.2) is 60.9 Å². The molecule has 3 aliphatic heterocycles. The number of fused-ring (bicyclic) bond motifs is 1. The summed E-state index contributed by atoms with van der Waals surface area (Å²) in [5, 5.41) is 0. The Morgan fingerprint density at radius 2 is 1.67 bits per heavy atom. The minimum Gasteiger partial charge on any atom is -0.492 e. The number of anilines is 1. The Kier molecular flexibility index (Phi) is 8.50. The van der Waals surface area contributed by atoms with E-state index in [1.807, 2.05) is 12.1 Å². The van der Waals surface area contributed by atoms with Crippen molar-refractivity contribution in [1.29, 1.82) is 0 Å². The van der Waals surface area contributed by atoms with Crippen LogP contribution in [0.3, 0.4) is 0 Å². The monoisotopic (exact) mass is 649 g/mol. The van der Waals surface area contributed by atoms with Gasteiger partial charge in [-0.3, -0.25) is 19.9 Å². The summed E-state index contributed by atoms with van der Waals surface area (Å²) in [5.74, 6) is -3.15. The summed E-state index contributed by atoms with van der Waals surface area (Å²) in [6, 6.07) is 12.0. The maximum atomic E-state index is 14.0. The summed E-state index contributed by atoms with van der Waals surface area (Å²) in [4.78, 5) is 38.2. The summed E-state index contributed by atoms with van der Waals surface area (Å²) in [7, 11) is 0. The second-order valence-electron chi connectivity index (χ2n) is 11.2. The topological polar surface area (TPSA) is 103 Å². The molecule has 2 unspecified atom stereocenters. The molecule has 3 aromatic rings.